The number of hydrogen-bond donors (Lipinski definition) is 0. The maximum atomic E-state index is 2.45. The van der Waals surface area contributed by atoms with Gasteiger partial charge in [-0.2, -0.15) is 0 Å². The van der Waals surface area contributed by atoms with Gasteiger partial charge in [-0.05, 0) is 91.0 Å². The number of benzene rings is 9. The fourth-order valence-corrected chi connectivity index (χ4v) is 7.55. The molecule has 0 fully saturated rings. The second-order valence-electron chi connectivity index (χ2n) is 12.9. The third-order valence-electron chi connectivity index (χ3n) is 9.82. The molecule has 0 atom stereocenters. The van der Waals surface area contributed by atoms with Crippen LogP contribution >= 0.6 is 0 Å². The Hall–Kier alpha value is -6.70. The highest BCUT2D eigenvalue weighted by atomic mass is 15.1. The first kappa shape index (κ1) is 30.4. The van der Waals surface area contributed by atoms with Gasteiger partial charge in [0.25, 0.3) is 0 Å². The van der Waals surface area contributed by atoms with E-state index in [4.69, 9.17) is 0 Å². The van der Waals surface area contributed by atoms with E-state index < -0.39 is 0 Å². The van der Waals surface area contributed by atoms with Crippen LogP contribution in [0.1, 0.15) is 0 Å². The molecule has 0 aromatic heterocycles. The molecule has 0 aliphatic heterocycles. The number of hydrogen-bond acceptors (Lipinski definition) is 1. The molecule has 1 nitrogen and oxygen atoms in total. The minimum atomic E-state index is 1.10. The summed E-state index contributed by atoms with van der Waals surface area (Å²) in [6.45, 7) is 0. The van der Waals surface area contributed by atoms with E-state index in [9.17, 15) is 0 Å². The van der Waals surface area contributed by atoms with E-state index in [0.717, 1.165) is 17.1 Å². The van der Waals surface area contributed by atoms with E-state index in [1.54, 1.807) is 0 Å². The summed E-state index contributed by atoms with van der Waals surface area (Å²) in [7, 11) is 0. The zero-order chi connectivity index (χ0) is 34.0. The van der Waals surface area contributed by atoms with Gasteiger partial charge in [0.05, 0.1) is 5.69 Å². The van der Waals surface area contributed by atoms with Gasteiger partial charge in [0.2, 0.25) is 0 Å². The molecule has 0 saturated carbocycles. The summed E-state index contributed by atoms with van der Waals surface area (Å²) < 4.78 is 0. The predicted octanol–water partition coefficient (Wildman–Crippen LogP) is 14.1. The standard InChI is InChI=1S/C50H35N/c1-5-18-36(19-6-1)40-26-15-28-42(34-40)51(43-29-16-27-41(35-43)37-20-7-2-8-21-37)47-33-17-32-46-49(39-24-11-4-12-25-39)48(38-22-9-3-10-23-38)44-30-13-14-31-45(44)50(46)47/h1-35H. The lowest BCUT2D eigenvalue weighted by atomic mass is 9.84. The Kier molecular flexibility index (Phi) is 7.92. The van der Waals surface area contributed by atoms with E-state index >= 15 is 0 Å². The molecule has 0 amide bonds. The molecular formula is C50H35N. The van der Waals surface area contributed by atoms with Crippen molar-refractivity contribution >= 4 is 38.6 Å². The van der Waals surface area contributed by atoms with Crippen LogP contribution in [0.3, 0.4) is 0 Å². The first-order valence-corrected chi connectivity index (χ1v) is 17.5. The molecule has 9 aromatic carbocycles. The molecule has 0 N–H and O–H groups in total. The van der Waals surface area contributed by atoms with Gasteiger partial charge in [-0.15, -0.1) is 0 Å². The first-order chi connectivity index (χ1) is 25.3. The number of fused-ring (bicyclic) bond motifs is 3. The van der Waals surface area contributed by atoms with Crippen LogP contribution in [0, 0.1) is 0 Å². The average Bonchev–Trinajstić information content (AvgIpc) is 3.22. The van der Waals surface area contributed by atoms with E-state index in [0.29, 0.717) is 0 Å². The summed E-state index contributed by atoms with van der Waals surface area (Å²) in [4.78, 5) is 2.45. The molecule has 0 unspecified atom stereocenters. The van der Waals surface area contributed by atoms with Gasteiger partial charge < -0.3 is 4.90 Å². The van der Waals surface area contributed by atoms with Gasteiger partial charge in [-0.1, -0.05) is 182 Å². The first-order valence-electron chi connectivity index (χ1n) is 17.5. The van der Waals surface area contributed by atoms with Crippen LogP contribution < -0.4 is 4.90 Å². The number of nitrogens with zero attached hydrogens (tertiary/aromatic N) is 1. The molecule has 0 bridgehead atoms. The van der Waals surface area contributed by atoms with Crippen molar-refractivity contribution in [2.24, 2.45) is 0 Å². The van der Waals surface area contributed by atoms with Crippen molar-refractivity contribution in [3.05, 3.63) is 212 Å². The quantitative estimate of drug-likeness (QED) is 0.155. The second kappa shape index (κ2) is 13.3. The lowest BCUT2D eigenvalue weighted by Crippen LogP contribution is -2.11. The van der Waals surface area contributed by atoms with Crippen LogP contribution in [0.15, 0.2) is 212 Å². The summed E-state index contributed by atoms with van der Waals surface area (Å²) in [5.74, 6) is 0. The third-order valence-corrected chi connectivity index (χ3v) is 9.82. The topological polar surface area (TPSA) is 3.24 Å². The van der Waals surface area contributed by atoms with Crippen LogP contribution in [-0.4, -0.2) is 0 Å². The van der Waals surface area contributed by atoms with Crippen molar-refractivity contribution < 1.29 is 0 Å². The zero-order valence-corrected chi connectivity index (χ0v) is 28.2. The maximum absolute atomic E-state index is 2.45. The highest BCUT2D eigenvalue weighted by Gasteiger charge is 2.23. The van der Waals surface area contributed by atoms with Crippen LogP contribution in [0.5, 0.6) is 0 Å². The molecule has 240 valence electrons. The smallest absolute Gasteiger partial charge is 0.0546 e. The molecule has 51 heavy (non-hydrogen) atoms. The Morgan fingerprint density at radius 3 is 1.14 bits per heavy atom. The van der Waals surface area contributed by atoms with Crippen LogP contribution in [0.2, 0.25) is 0 Å². The molecule has 9 aromatic rings. The molecule has 0 aliphatic rings. The van der Waals surface area contributed by atoms with Crippen molar-refractivity contribution in [1.82, 2.24) is 0 Å². The molecule has 0 saturated heterocycles. The van der Waals surface area contributed by atoms with Crippen molar-refractivity contribution in [1.29, 1.82) is 0 Å². The van der Waals surface area contributed by atoms with Crippen molar-refractivity contribution in [3.8, 4) is 44.5 Å². The maximum Gasteiger partial charge on any atom is 0.0546 e. The molecule has 0 spiro atoms. The van der Waals surface area contributed by atoms with Gasteiger partial charge in [0.1, 0.15) is 0 Å². The van der Waals surface area contributed by atoms with E-state index in [1.807, 2.05) is 0 Å². The normalized spacial score (nSPS) is 11.1. The summed E-state index contributed by atoms with van der Waals surface area (Å²) in [5, 5.41) is 4.91. The van der Waals surface area contributed by atoms with E-state index in [1.165, 1.54) is 66.1 Å². The van der Waals surface area contributed by atoms with E-state index in [2.05, 4.69) is 217 Å². The highest BCUT2D eigenvalue weighted by Crippen LogP contribution is 2.49. The van der Waals surface area contributed by atoms with E-state index in [-0.39, 0.29) is 0 Å². The van der Waals surface area contributed by atoms with Gasteiger partial charge >= 0.3 is 0 Å². The molecule has 0 aliphatic carbocycles. The molecule has 0 radical (unpaired) electrons. The fourth-order valence-electron chi connectivity index (χ4n) is 7.55. The van der Waals surface area contributed by atoms with Gasteiger partial charge in [-0.25, -0.2) is 0 Å². The Bertz CT molecular complexity index is 2530. The molecule has 0 heterocycles. The summed E-state index contributed by atoms with van der Waals surface area (Å²) in [6.07, 6.45) is 0. The largest absolute Gasteiger partial charge is 0.310 e. The zero-order valence-electron chi connectivity index (χ0n) is 28.2. The Morgan fingerprint density at radius 1 is 0.255 bits per heavy atom. The third kappa shape index (κ3) is 5.65. The minimum absolute atomic E-state index is 1.10. The number of rotatable bonds is 7. The summed E-state index contributed by atoms with van der Waals surface area (Å²) in [5.41, 5.74) is 13.0. The van der Waals surface area contributed by atoms with Gasteiger partial charge in [0.15, 0.2) is 0 Å². The SMILES string of the molecule is c1ccc(-c2cccc(N(c3cccc(-c4ccccc4)c3)c3cccc4c(-c5ccccc5)c(-c5ccccc5)c5ccccc5c34)c2)cc1. The van der Waals surface area contributed by atoms with Crippen LogP contribution in [-0.2, 0) is 0 Å². The fraction of sp³-hybridized carbons (Fsp3) is 0. The van der Waals surface area contributed by atoms with Gasteiger partial charge in [0, 0.05) is 16.8 Å². The minimum Gasteiger partial charge on any atom is -0.310 e. The lowest BCUT2D eigenvalue weighted by molar-refractivity contribution is 1.30. The summed E-state index contributed by atoms with van der Waals surface area (Å²) >= 11 is 0. The molecule has 9 rings (SSSR count). The number of anilines is 3. The molecule has 1 heteroatoms. The van der Waals surface area contributed by atoms with Crippen molar-refractivity contribution in [2.75, 3.05) is 4.90 Å². The van der Waals surface area contributed by atoms with Crippen LogP contribution in [0.25, 0.3) is 66.1 Å². The lowest BCUT2D eigenvalue weighted by Gasteiger charge is -2.29. The van der Waals surface area contributed by atoms with Crippen molar-refractivity contribution in [3.63, 3.8) is 0 Å². The molecular weight excluding hydrogens is 615 g/mol. The van der Waals surface area contributed by atoms with Crippen LogP contribution in [0.4, 0.5) is 17.1 Å². The predicted molar refractivity (Wildman–Crippen MR) is 218 cm³/mol. The Balaban J connectivity index is 1.39. The monoisotopic (exact) mass is 649 g/mol. The second-order valence-corrected chi connectivity index (χ2v) is 12.9. The summed E-state index contributed by atoms with van der Waals surface area (Å²) in [6, 6.07) is 76.6. The highest BCUT2D eigenvalue weighted by molar-refractivity contribution is 6.25. The Morgan fingerprint density at radius 2 is 0.627 bits per heavy atom. The van der Waals surface area contributed by atoms with Crippen molar-refractivity contribution in [2.45, 2.75) is 0 Å². The Labute approximate surface area is 299 Å². The average molecular weight is 650 g/mol. The van der Waals surface area contributed by atoms with Gasteiger partial charge in [-0.3, -0.25) is 0 Å².